The number of carbonyl (C=O) groups excluding carboxylic acids is 1. The molecule has 1 saturated heterocycles. The number of benzene rings is 2. The molecule has 1 aliphatic heterocycles. The zero-order chi connectivity index (χ0) is 26.3. The molecule has 4 aromatic rings. The third kappa shape index (κ3) is 4.95. The summed E-state index contributed by atoms with van der Waals surface area (Å²) in [5.74, 6) is -0.927. The highest BCUT2D eigenvalue weighted by molar-refractivity contribution is 6.30. The average Bonchev–Trinajstić information content (AvgIpc) is 3.17. The molecule has 8 nitrogen and oxygen atoms in total. The summed E-state index contributed by atoms with van der Waals surface area (Å²) >= 11 is 5.93. The van der Waals surface area contributed by atoms with Gasteiger partial charge < -0.3 is 15.4 Å². The Morgan fingerprint density at radius 3 is 2.73 bits per heavy atom. The second kappa shape index (κ2) is 9.61. The minimum atomic E-state index is -4.72. The number of fused-ring (bicyclic) bond motifs is 3. The van der Waals surface area contributed by atoms with Gasteiger partial charge in [0.2, 0.25) is 11.9 Å². The molecule has 2 aromatic carbocycles. The van der Waals surface area contributed by atoms with E-state index in [1.807, 2.05) is 0 Å². The zero-order valence-corrected chi connectivity index (χ0v) is 19.6. The number of amides is 1. The van der Waals surface area contributed by atoms with Gasteiger partial charge in [-0.3, -0.25) is 4.79 Å². The Balaban J connectivity index is 1.74. The second-order valence-corrected chi connectivity index (χ2v) is 8.74. The first-order valence-corrected chi connectivity index (χ1v) is 11.6. The van der Waals surface area contributed by atoms with Gasteiger partial charge in [-0.15, -0.1) is 5.10 Å². The van der Waals surface area contributed by atoms with Crippen molar-refractivity contribution in [3.8, 4) is 17.1 Å². The summed E-state index contributed by atoms with van der Waals surface area (Å²) in [7, 11) is 0. The van der Waals surface area contributed by atoms with Gasteiger partial charge in [0.15, 0.2) is 11.5 Å². The highest BCUT2D eigenvalue weighted by Gasteiger charge is 2.34. The molecule has 0 spiro atoms. The molecule has 5 rings (SSSR count). The number of para-hydroxylation sites is 1. The number of carbonyl (C=O) groups is 1. The molecule has 1 fully saturated rings. The van der Waals surface area contributed by atoms with Crippen molar-refractivity contribution in [2.45, 2.75) is 38.1 Å². The molecular weight excluding hydrogens is 523 g/mol. The molecule has 0 aliphatic carbocycles. The van der Waals surface area contributed by atoms with Crippen molar-refractivity contribution >= 4 is 40.0 Å². The molecule has 0 saturated carbocycles. The number of alkyl halides is 5. The van der Waals surface area contributed by atoms with Crippen LogP contribution in [0.1, 0.15) is 24.8 Å². The van der Waals surface area contributed by atoms with Crippen LogP contribution in [0.25, 0.3) is 27.9 Å². The van der Waals surface area contributed by atoms with E-state index in [2.05, 4.69) is 30.4 Å². The molecular formula is C23H18ClF5N6O2. The summed E-state index contributed by atoms with van der Waals surface area (Å²) in [6.45, 7) is -2.69. The lowest BCUT2D eigenvalue weighted by atomic mass is 10.1. The van der Waals surface area contributed by atoms with Crippen molar-refractivity contribution in [2.75, 3.05) is 11.9 Å². The first-order chi connectivity index (χ1) is 17.6. The molecule has 37 heavy (non-hydrogen) atoms. The van der Waals surface area contributed by atoms with Crippen LogP contribution in [0.3, 0.4) is 0 Å². The summed E-state index contributed by atoms with van der Waals surface area (Å²) in [5.41, 5.74) is -1.40. The van der Waals surface area contributed by atoms with E-state index >= 15 is 0 Å². The number of halogens is 6. The number of hydrogen-bond acceptors (Lipinski definition) is 6. The lowest BCUT2D eigenvalue weighted by Gasteiger charge is -2.17. The summed E-state index contributed by atoms with van der Waals surface area (Å²) in [5, 5.41) is 10.1. The predicted molar refractivity (Wildman–Crippen MR) is 125 cm³/mol. The van der Waals surface area contributed by atoms with Gasteiger partial charge in [-0.25, -0.2) is 9.97 Å². The maximum absolute atomic E-state index is 13.8. The van der Waals surface area contributed by atoms with Crippen LogP contribution in [-0.4, -0.2) is 44.7 Å². The fourth-order valence-electron chi connectivity index (χ4n) is 4.18. The topological polar surface area (TPSA) is 93.4 Å². The highest BCUT2D eigenvalue weighted by Crippen LogP contribution is 2.37. The molecule has 1 aliphatic rings. The Morgan fingerprint density at radius 1 is 1.16 bits per heavy atom. The molecule has 0 unspecified atom stereocenters. The van der Waals surface area contributed by atoms with Crippen LogP contribution < -0.4 is 15.4 Å². The van der Waals surface area contributed by atoms with Crippen LogP contribution in [0.4, 0.5) is 27.9 Å². The van der Waals surface area contributed by atoms with E-state index in [1.165, 1.54) is 24.3 Å². The van der Waals surface area contributed by atoms with Crippen LogP contribution in [0, 0.1) is 0 Å². The van der Waals surface area contributed by atoms with E-state index in [0.29, 0.717) is 19.4 Å². The maximum atomic E-state index is 13.8. The standard InChI is InChI=1S/C23H18ClF5N6O2/c24-11-7-8-12(16(10-11)37-21(25)26)18-33-19-13-4-3-5-14(23(27,28)29)17(13)32-22(35(19)34-18)31-15-6-1-2-9-30-20(15)36/h3-5,7-8,10,15,21H,1-2,6,9H2,(H,30,36)(H,31,32)/t15-/m1/s1. The monoisotopic (exact) mass is 540 g/mol. The number of ether oxygens (including phenoxy) is 1. The van der Waals surface area contributed by atoms with Gasteiger partial charge in [0.05, 0.1) is 16.6 Å². The van der Waals surface area contributed by atoms with Crippen molar-refractivity contribution in [3.63, 3.8) is 0 Å². The minimum Gasteiger partial charge on any atom is -0.434 e. The fourth-order valence-corrected chi connectivity index (χ4v) is 4.34. The zero-order valence-electron chi connectivity index (χ0n) is 18.8. The van der Waals surface area contributed by atoms with Gasteiger partial charge in [0.25, 0.3) is 0 Å². The van der Waals surface area contributed by atoms with E-state index in [4.69, 9.17) is 11.6 Å². The molecule has 1 amide bonds. The SMILES string of the molecule is O=C1NCCCC[C@H]1Nc1nc2c(C(F)(F)F)cccc2c2nc(-c3ccc(Cl)cc3OC(F)F)nn12. The first-order valence-electron chi connectivity index (χ1n) is 11.2. The van der Waals surface area contributed by atoms with E-state index in [-0.39, 0.29) is 45.0 Å². The van der Waals surface area contributed by atoms with Crippen molar-refractivity contribution in [2.24, 2.45) is 0 Å². The van der Waals surface area contributed by atoms with Crippen LogP contribution >= 0.6 is 11.6 Å². The van der Waals surface area contributed by atoms with Crippen LogP contribution in [0.15, 0.2) is 36.4 Å². The van der Waals surface area contributed by atoms with Crippen molar-refractivity contribution in [1.29, 1.82) is 0 Å². The van der Waals surface area contributed by atoms with Gasteiger partial charge in [-0.1, -0.05) is 17.7 Å². The average molecular weight is 541 g/mol. The first kappa shape index (κ1) is 24.9. The Labute approximate surface area is 210 Å². The van der Waals surface area contributed by atoms with Crippen LogP contribution in [-0.2, 0) is 11.0 Å². The Morgan fingerprint density at radius 2 is 1.97 bits per heavy atom. The number of nitrogens with one attached hydrogen (secondary N) is 2. The Kier molecular flexibility index (Phi) is 6.48. The van der Waals surface area contributed by atoms with Gasteiger partial charge in [-0.2, -0.15) is 26.5 Å². The largest absolute Gasteiger partial charge is 0.434 e. The highest BCUT2D eigenvalue weighted by atomic mass is 35.5. The van der Waals surface area contributed by atoms with Crippen LogP contribution in [0.2, 0.25) is 5.02 Å². The number of rotatable bonds is 5. The molecule has 2 aromatic heterocycles. The summed E-state index contributed by atoms with van der Waals surface area (Å²) in [6.07, 6.45) is -2.86. The quantitative estimate of drug-likeness (QED) is 0.334. The summed E-state index contributed by atoms with van der Waals surface area (Å²) in [6, 6.07) is 6.63. The molecule has 0 radical (unpaired) electrons. The van der Waals surface area contributed by atoms with Gasteiger partial charge in [0.1, 0.15) is 11.8 Å². The normalized spacial score (nSPS) is 16.7. The summed E-state index contributed by atoms with van der Waals surface area (Å²) in [4.78, 5) is 21.1. The number of hydrogen-bond donors (Lipinski definition) is 2. The lowest BCUT2D eigenvalue weighted by molar-refractivity contribution is -0.136. The smallest absolute Gasteiger partial charge is 0.418 e. The molecule has 194 valence electrons. The molecule has 2 N–H and O–H groups in total. The van der Waals surface area contributed by atoms with Crippen molar-refractivity contribution < 1.29 is 31.5 Å². The van der Waals surface area contributed by atoms with Gasteiger partial charge in [-0.05, 0) is 49.6 Å². The third-order valence-corrected chi connectivity index (χ3v) is 6.08. The van der Waals surface area contributed by atoms with E-state index in [9.17, 15) is 26.7 Å². The second-order valence-electron chi connectivity index (χ2n) is 8.31. The van der Waals surface area contributed by atoms with Crippen molar-refractivity contribution in [1.82, 2.24) is 24.9 Å². The summed E-state index contributed by atoms with van der Waals surface area (Å²) < 4.78 is 73.3. The van der Waals surface area contributed by atoms with Crippen molar-refractivity contribution in [3.05, 3.63) is 47.0 Å². The van der Waals surface area contributed by atoms with Crippen LogP contribution in [0.5, 0.6) is 5.75 Å². The molecule has 0 bridgehead atoms. The minimum absolute atomic E-state index is 0.0229. The number of aromatic nitrogens is 4. The van der Waals surface area contributed by atoms with Gasteiger partial charge in [0, 0.05) is 17.0 Å². The lowest BCUT2D eigenvalue weighted by Crippen LogP contribution is -2.38. The molecule has 14 heteroatoms. The van der Waals surface area contributed by atoms with E-state index < -0.39 is 29.9 Å². The number of anilines is 1. The third-order valence-electron chi connectivity index (χ3n) is 5.85. The number of nitrogens with zero attached hydrogens (tertiary/aromatic N) is 4. The van der Waals surface area contributed by atoms with E-state index in [1.54, 1.807) is 0 Å². The van der Waals surface area contributed by atoms with Gasteiger partial charge >= 0.3 is 12.8 Å². The Bertz CT molecular complexity index is 1490. The maximum Gasteiger partial charge on any atom is 0.418 e. The molecule has 1 atom stereocenters. The fraction of sp³-hybridized carbons (Fsp3) is 0.304. The molecule has 3 heterocycles. The predicted octanol–water partition coefficient (Wildman–Crippen LogP) is 5.30. The Hall–Kier alpha value is -3.74. The van der Waals surface area contributed by atoms with E-state index in [0.717, 1.165) is 23.1 Å².